The van der Waals surface area contributed by atoms with Gasteiger partial charge in [-0.3, -0.25) is 0 Å². The van der Waals surface area contributed by atoms with Gasteiger partial charge >= 0.3 is 0 Å². The third-order valence-corrected chi connectivity index (χ3v) is 8.36. The number of benzene rings is 7. The Morgan fingerprint density at radius 2 is 0.915 bits per heavy atom. The Morgan fingerprint density at radius 3 is 1.55 bits per heavy atom. The zero-order valence-corrected chi connectivity index (χ0v) is 25.0. The van der Waals surface area contributed by atoms with Crippen molar-refractivity contribution in [1.82, 2.24) is 19.5 Å². The molecule has 0 saturated heterocycles. The van der Waals surface area contributed by atoms with Crippen LogP contribution in [0.1, 0.15) is 8.22 Å². The predicted octanol–water partition coefficient (Wildman–Crippen LogP) is 10.8. The van der Waals surface area contributed by atoms with E-state index in [2.05, 4.69) is 42.5 Å². The van der Waals surface area contributed by atoms with Crippen LogP contribution in [-0.4, -0.2) is 19.5 Å². The van der Waals surface area contributed by atoms with Gasteiger partial charge in [0.1, 0.15) is 0 Å². The molecule has 0 aliphatic heterocycles. The first-order chi connectivity index (χ1) is 25.7. The van der Waals surface area contributed by atoms with E-state index in [1.54, 1.807) is 4.57 Å². The summed E-state index contributed by atoms with van der Waals surface area (Å²) in [5.74, 6) is 1.41. The van der Waals surface area contributed by atoms with Crippen LogP contribution < -0.4 is 0 Å². The van der Waals surface area contributed by atoms with Crippen LogP contribution in [0.4, 0.5) is 0 Å². The smallest absolute Gasteiger partial charge is 0.164 e. The summed E-state index contributed by atoms with van der Waals surface area (Å²) in [5.41, 5.74) is 5.72. The maximum atomic E-state index is 8.87. The fourth-order valence-corrected chi connectivity index (χ4v) is 6.10. The van der Waals surface area contributed by atoms with Crippen LogP contribution in [0.25, 0.3) is 83.6 Å². The minimum absolute atomic E-state index is 0.0195. The van der Waals surface area contributed by atoms with E-state index in [0.29, 0.717) is 39.8 Å². The fraction of sp³-hybridized carbons (Fsp3) is 0. The molecule has 0 amide bonds. The number of fused-ring (bicyclic) bond motifs is 4. The average molecular weight is 607 g/mol. The molecule has 0 atom stereocenters. The lowest BCUT2D eigenvalue weighted by Gasteiger charge is -2.12. The first kappa shape index (κ1) is 21.4. The van der Waals surface area contributed by atoms with Crippen molar-refractivity contribution in [1.29, 1.82) is 0 Å². The van der Waals surface area contributed by atoms with Gasteiger partial charge in [-0.15, -0.1) is 0 Å². The number of hydrogen-bond acceptors (Lipinski definition) is 3. The van der Waals surface area contributed by atoms with Crippen LogP contribution in [0.2, 0.25) is 0 Å². The van der Waals surface area contributed by atoms with Crippen LogP contribution >= 0.6 is 0 Å². The van der Waals surface area contributed by atoms with Gasteiger partial charge in [0.25, 0.3) is 0 Å². The standard InChI is InChI=1S/C43H28N4/c1-3-12-29(13-4-1)31-22-23-33-27-35(25-24-32(33)26-31)43-45-41(30-14-5-2-6-15-30)44-42(46-43)34-16-11-17-36(28-34)47-39-20-9-7-18-37(39)38-19-8-10-21-40(38)47/h1-28H/i7D,8D,18D,19D,20D,21D. The molecule has 4 nitrogen and oxygen atoms in total. The van der Waals surface area contributed by atoms with Crippen LogP contribution in [0.15, 0.2) is 170 Å². The lowest BCUT2D eigenvalue weighted by atomic mass is 10.00. The molecule has 0 bridgehead atoms. The molecule has 9 rings (SSSR count). The topological polar surface area (TPSA) is 43.6 Å². The summed E-state index contributed by atoms with van der Waals surface area (Å²) in [6.07, 6.45) is 0. The third-order valence-electron chi connectivity index (χ3n) is 8.36. The van der Waals surface area contributed by atoms with Crippen molar-refractivity contribution in [3.05, 3.63) is 170 Å². The monoisotopic (exact) mass is 606 g/mol. The van der Waals surface area contributed by atoms with Crippen LogP contribution in [0, 0.1) is 0 Å². The Morgan fingerprint density at radius 1 is 0.404 bits per heavy atom. The first-order valence-corrected chi connectivity index (χ1v) is 15.3. The lowest BCUT2D eigenvalue weighted by molar-refractivity contribution is 1.07. The maximum absolute atomic E-state index is 8.87. The highest BCUT2D eigenvalue weighted by Crippen LogP contribution is 2.34. The molecule has 7 aromatic carbocycles. The normalized spacial score (nSPS) is 13.2. The number of hydrogen-bond donors (Lipinski definition) is 0. The summed E-state index contributed by atoms with van der Waals surface area (Å²) >= 11 is 0. The van der Waals surface area contributed by atoms with Crippen molar-refractivity contribution in [3.63, 3.8) is 0 Å². The summed E-state index contributed by atoms with van der Waals surface area (Å²) in [6, 6.07) is 41.9. The fourth-order valence-electron chi connectivity index (χ4n) is 6.10. The molecule has 0 aliphatic carbocycles. The Bertz CT molecular complexity index is 2840. The van der Waals surface area contributed by atoms with Crippen LogP contribution in [0.5, 0.6) is 0 Å². The van der Waals surface area contributed by atoms with E-state index in [-0.39, 0.29) is 47.0 Å². The van der Waals surface area contributed by atoms with Gasteiger partial charge in [-0.25, -0.2) is 15.0 Å². The Kier molecular flexibility index (Phi) is 5.09. The molecular weight excluding hydrogens is 573 g/mol. The molecule has 2 aromatic heterocycles. The Labute approximate surface area is 280 Å². The van der Waals surface area contributed by atoms with Gasteiger partial charge in [-0.1, -0.05) is 133 Å². The van der Waals surface area contributed by atoms with Crippen LogP contribution in [-0.2, 0) is 0 Å². The number of nitrogens with zero attached hydrogens (tertiary/aromatic N) is 4. The van der Waals surface area contributed by atoms with E-state index < -0.39 is 0 Å². The van der Waals surface area contributed by atoms with Crippen molar-refractivity contribution >= 4 is 32.6 Å². The van der Waals surface area contributed by atoms with Crippen molar-refractivity contribution in [2.45, 2.75) is 0 Å². The van der Waals surface area contributed by atoms with Gasteiger partial charge in [0, 0.05) is 33.2 Å². The van der Waals surface area contributed by atoms with E-state index >= 15 is 0 Å². The molecule has 0 radical (unpaired) electrons. The van der Waals surface area contributed by atoms with E-state index in [0.717, 1.165) is 33.0 Å². The average Bonchev–Trinajstić information content (AvgIpc) is 3.57. The third kappa shape index (κ3) is 4.84. The number of aromatic nitrogens is 4. The highest BCUT2D eigenvalue weighted by molar-refractivity contribution is 6.09. The molecule has 0 N–H and O–H groups in total. The van der Waals surface area contributed by atoms with E-state index in [1.807, 2.05) is 78.9 Å². The molecule has 220 valence electrons. The van der Waals surface area contributed by atoms with Crippen molar-refractivity contribution < 1.29 is 8.22 Å². The van der Waals surface area contributed by atoms with Crippen molar-refractivity contribution in [2.75, 3.05) is 0 Å². The minimum Gasteiger partial charge on any atom is -0.309 e. The molecule has 9 aromatic rings. The molecule has 47 heavy (non-hydrogen) atoms. The number of rotatable bonds is 5. The van der Waals surface area contributed by atoms with Crippen molar-refractivity contribution in [2.24, 2.45) is 0 Å². The minimum atomic E-state index is -0.159. The van der Waals surface area contributed by atoms with E-state index in [4.69, 9.17) is 23.2 Å². The van der Waals surface area contributed by atoms with Gasteiger partial charge in [-0.2, -0.15) is 0 Å². The Hall–Kier alpha value is -6.39. The summed E-state index contributed by atoms with van der Waals surface area (Å²) in [5, 5.41) is 2.55. The zero-order valence-electron chi connectivity index (χ0n) is 31.0. The maximum Gasteiger partial charge on any atom is 0.164 e. The van der Waals surface area contributed by atoms with Gasteiger partial charge in [0.15, 0.2) is 17.5 Å². The molecule has 4 heteroatoms. The van der Waals surface area contributed by atoms with Gasteiger partial charge in [0.05, 0.1) is 19.3 Å². The highest BCUT2D eigenvalue weighted by atomic mass is 15.0. The molecule has 0 spiro atoms. The van der Waals surface area contributed by atoms with Gasteiger partial charge in [-0.05, 0) is 58.2 Å². The summed E-state index contributed by atoms with van der Waals surface area (Å²) in [4.78, 5) is 14.8. The predicted molar refractivity (Wildman–Crippen MR) is 193 cm³/mol. The molecule has 0 fully saturated rings. The molecule has 2 heterocycles. The van der Waals surface area contributed by atoms with Gasteiger partial charge < -0.3 is 4.57 Å². The lowest BCUT2D eigenvalue weighted by Crippen LogP contribution is -2.01. The zero-order chi connectivity index (χ0) is 36.4. The molecule has 0 saturated carbocycles. The molecule has 0 aliphatic rings. The first-order valence-electron chi connectivity index (χ1n) is 18.3. The second-order valence-electron chi connectivity index (χ2n) is 11.3. The van der Waals surface area contributed by atoms with E-state index in [1.165, 1.54) is 12.1 Å². The SMILES string of the molecule is [2H]c1cc([2H])c2c(c1[2H])c1c([2H])c([2H])cc([2H])c1n2-c1cccc(-c2nc(-c3ccccc3)nc(-c3ccc4cc(-c5ccccc5)ccc4c3)n2)c1. The summed E-state index contributed by atoms with van der Waals surface area (Å²) in [7, 11) is 0. The van der Waals surface area contributed by atoms with Gasteiger partial charge in [0.2, 0.25) is 0 Å². The molecule has 0 unspecified atom stereocenters. The summed E-state index contributed by atoms with van der Waals surface area (Å²) < 4.78 is 53.6. The highest BCUT2D eigenvalue weighted by Gasteiger charge is 2.16. The van der Waals surface area contributed by atoms with E-state index in [9.17, 15) is 0 Å². The quantitative estimate of drug-likeness (QED) is 0.196. The second-order valence-corrected chi connectivity index (χ2v) is 11.3. The molecular formula is C43H28N4. The van der Waals surface area contributed by atoms with Crippen molar-refractivity contribution in [3.8, 4) is 51.0 Å². The van der Waals surface area contributed by atoms with Crippen LogP contribution in [0.3, 0.4) is 0 Å². The largest absolute Gasteiger partial charge is 0.309 e. The Balaban J connectivity index is 1.23. The number of para-hydroxylation sites is 2. The second kappa shape index (κ2) is 11.2. The summed E-state index contributed by atoms with van der Waals surface area (Å²) in [6.45, 7) is 0.